The molecule has 104 valence electrons. The van der Waals surface area contributed by atoms with Crippen molar-refractivity contribution < 1.29 is 0 Å². The van der Waals surface area contributed by atoms with E-state index in [4.69, 9.17) is 11.6 Å². The third-order valence-corrected chi connectivity index (χ3v) is 5.51. The van der Waals surface area contributed by atoms with Crippen molar-refractivity contribution in [2.24, 2.45) is 0 Å². The van der Waals surface area contributed by atoms with Crippen LogP contribution >= 0.6 is 34.2 Å². The molecule has 1 heterocycles. The van der Waals surface area contributed by atoms with Crippen molar-refractivity contribution in [2.45, 2.75) is 37.6 Å². The van der Waals surface area contributed by atoms with Crippen molar-refractivity contribution in [3.8, 4) is 0 Å². The van der Waals surface area contributed by atoms with Gasteiger partial charge >= 0.3 is 0 Å². The van der Waals surface area contributed by atoms with E-state index in [1.807, 2.05) is 6.07 Å². The first kappa shape index (κ1) is 14.0. The SMILES string of the molecule is Clc1ccc(N2CCCNC3(CCCC3)C2)c(I)c1. The molecule has 0 atom stereocenters. The number of benzene rings is 1. The van der Waals surface area contributed by atoms with Crippen LogP contribution in [0.1, 0.15) is 32.1 Å². The van der Waals surface area contributed by atoms with Gasteiger partial charge in [-0.2, -0.15) is 0 Å². The molecule has 3 rings (SSSR count). The predicted octanol–water partition coefficient (Wildman–Crippen LogP) is 4.06. The Labute approximate surface area is 134 Å². The summed E-state index contributed by atoms with van der Waals surface area (Å²) in [6.45, 7) is 3.44. The molecule has 1 aliphatic carbocycles. The summed E-state index contributed by atoms with van der Waals surface area (Å²) in [4.78, 5) is 2.56. The standard InChI is InChI=1S/C15H20ClIN2/c16-12-4-5-14(13(17)10-12)19-9-3-8-18-15(11-19)6-1-2-7-15/h4-5,10,18H,1-3,6-9,11H2. The maximum absolute atomic E-state index is 6.07. The number of anilines is 1. The summed E-state index contributed by atoms with van der Waals surface area (Å²) >= 11 is 8.48. The van der Waals surface area contributed by atoms with Crippen LogP contribution in [-0.2, 0) is 0 Å². The van der Waals surface area contributed by atoms with Crippen LogP contribution in [-0.4, -0.2) is 25.2 Å². The van der Waals surface area contributed by atoms with Crippen LogP contribution in [0.15, 0.2) is 18.2 Å². The molecule has 1 spiro atoms. The van der Waals surface area contributed by atoms with Gasteiger partial charge in [0.05, 0.1) is 5.69 Å². The average molecular weight is 391 g/mol. The van der Waals surface area contributed by atoms with E-state index in [1.165, 1.54) is 41.4 Å². The molecule has 0 unspecified atom stereocenters. The molecule has 1 aromatic rings. The number of nitrogens with one attached hydrogen (secondary N) is 1. The highest BCUT2D eigenvalue weighted by Gasteiger charge is 2.36. The van der Waals surface area contributed by atoms with Gasteiger partial charge in [0.2, 0.25) is 0 Å². The fraction of sp³-hybridized carbons (Fsp3) is 0.600. The molecule has 1 aromatic carbocycles. The number of hydrogen-bond acceptors (Lipinski definition) is 2. The fourth-order valence-corrected chi connectivity index (χ4v) is 4.67. The second kappa shape index (κ2) is 5.78. The number of hydrogen-bond donors (Lipinski definition) is 1. The summed E-state index contributed by atoms with van der Waals surface area (Å²) in [5, 5.41) is 4.65. The molecule has 19 heavy (non-hydrogen) atoms. The lowest BCUT2D eigenvalue weighted by molar-refractivity contribution is 0.354. The Morgan fingerprint density at radius 2 is 2.00 bits per heavy atom. The summed E-state index contributed by atoms with van der Waals surface area (Å²) in [5.41, 5.74) is 1.71. The molecule has 2 nitrogen and oxygen atoms in total. The fourth-order valence-electron chi connectivity index (χ4n) is 3.45. The quantitative estimate of drug-likeness (QED) is 0.728. The van der Waals surface area contributed by atoms with E-state index in [0.717, 1.165) is 24.7 Å². The first-order valence-corrected chi connectivity index (χ1v) is 8.59. The van der Waals surface area contributed by atoms with Crippen LogP contribution in [0.4, 0.5) is 5.69 Å². The minimum atomic E-state index is 0.360. The molecule has 1 N–H and O–H groups in total. The first-order chi connectivity index (χ1) is 9.19. The van der Waals surface area contributed by atoms with Crippen LogP contribution in [0.3, 0.4) is 0 Å². The van der Waals surface area contributed by atoms with Crippen molar-refractivity contribution in [3.63, 3.8) is 0 Å². The van der Waals surface area contributed by atoms with E-state index >= 15 is 0 Å². The molecule has 2 aliphatic rings. The Balaban J connectivity index is 1.86. The van der Waals surface area contributed by atoms with Crippen molar-refractivity contribution >= 4 is 39.9 Å². The smallest absolute Gasteiger partial charge is 0.0503 e. The summed E-state index contributed by atoms with van der Waals surface area (Å²) in [7, 11) is 0. The van der Waals surface area contributed by atoms with Gasteiger partial charge in [-0.05, 0) is 66.6 Å². The maximum Gasteiger partial charge on any atom is 0.0503 e. The summed E-state index contributed by atoms with van der Waals surface area (Å²) in [6, 6.07) is 6.26. The molecule has 1 saturated carbocycles. The highest BCUT2D eigenvalue weighted by molar-refractivity contribution is 14.1. The zero-order valence-corrected chi connectivity index (χ0v) is 14.0. The predicted molar refractivity (Wildman–Crippen MR) is 90.2 cm³/mol. The third kappa shape index (κ3) is 3.03. The second-order valence-corrected chi connectivity index (χ2v) is 7.38. The van der Waals surface area contributed by atoms with Gasteiger partial charge < -0.3 is 10.2 Å². The molecule has 0 amide bonds. The summed E-state index contributed by atoms with van der Waals surface area (Å²) in [5.74, 6) is 0. The van der Waals surface area contributed by atoms with Crippen molar-refractivity contribution in [3.05, 3.63) is 26.8 Å². The Bertz CT molecular complexity index is 457. The zero-order valence-electron chi connectivity index (χ0n) is 11.1. The molecule has 1 saturated heterocycles. The van der Waals surface area contributed by atoms with Gasteiger partial charge in [0.1, 0.15) is 0 Å². The van der Waals surface area contributed by atoms with Gasteiger partial charge in [-0.1, -0.05) is 24.4 Å². The Morgan fingerprint density at radius 1 is 1.21 bits per heavy atom. The average Bonchev–Trinajstić information content (AvgIpc) is 2.71. The van der Waals surface area contributed by atoms with Crippen LogP contribution < -0.4 is 10.2 Å². The molecule has 0 bridgehead atoms. The van der Waals surface area contributed by atoms with Gasteiger partial charge in [0.15, 0.2) is 0 Å². The van der Waals surface area contributed by atoms with Crippen molar-refractivity contribution in [2.75, 3.05) is 24.5 Å². The molecule has 1 aliphatic heterocycles. The molecule has 2 fully saturated rings. The monoisotopic (exact) mass is 390 g/mol. The molecule has 4 heteroatoms. The Kier molecular flexibility index (Phi) is 4.25. The van der Waals surface area contributed by atoms with E-state index in [9.17, 15) is 0 Å². The first-order valence-electron chi connectivity index (χ1n) is 7.14. The van der Waals surface area contributed by atoms with E-state index in [1.54, 1.807) is 0 Å². The van der Waals surface area contributed by atoms with Crippen LogP contribution in [0, 0.1) is 3.57 Å². The van der Waals surface area contributed by atoms with E-state index in [2.05, 4.69) is 44.9 Å². The van der Waals surface area contributed by atoms with Crippen LogP contribution in [0.25, 0.3) is 0 Å². The largest absolute Gasteiger partial charge is 0.369 e. The normalized spacial score (nSPS) is 22.7. The molecule has 0 aromatic heterocycles. The van der Waals surface area contributed by atoms with Gasteiger partial charge in [0, 0.05) is 27.2 Å². The minimum absolute atomic E-state index is 0.360. The zero-order chi connectivity index (χ0) is 13.3. The Morgan fingerprint density at radius 3 is 2.74 bits per heavy atom. The van der Waals surface area contributed by atoms with E-state index < -0.39 is 0 Å². The lowest BCUT2D eigenvalue weighted by Gasteiger charge is -2.35. The van der Waals surface area contributed by atoms with E-state index in [-0.39, 0.29) is 0 Å². The topological polar surface area (TPSA) is 15.3 Å². The maximum atomic E-state index is 6.07. The summed E-state index contributed by atoms with van der Waals surface area (Å²) < 4.78 is 1.26. The third-order valence-electron chi connectivity index (χ3n) is 4.41. The van der Waals surface area contributed by atoms with Crippen molar-refractivity contribution in [1.29, 1.82) is 0 Å². The van der Waals surface area contributed by atoms with Crippen LogP contribution in [0.2, 0.25) is 5.02 Å². The van der Waals surface area contributed by atoms with Gasteiger partial charge in [0.25, 0.3) is 0 Å². The van der Waals surface area contributed by atoms with Gasteiger partial charge in [-0.3, -0.25) is 0 Å². The Hall–Kier alpha value is -0.000000000000000111. The minimum Gasteiger partial charge on any atom is -0.369 e. The highest BCUT2D eigenvalue weighted by Crippen LogP contribution is 2.34. The number of rotatable bonds is 1. The highest BCUT2D eigenvalue weighted by atomic mass is 127. The molecular weight excluding hydrogens is 371 g/mol. The molecule has 0 radical (unpaired) electrons. The van der Waals surface area contributed by atoms with E-state index in [0.29, 0.717) is 5.54 Å². The number of halogens is 2. The second-order valence-electron chi connectivity index (χ2n) is 5.79. The number of nitrogens with zero attached hydrogens (tertiary/aromatic N) is 1. The van der Waals surface area contributed by atoms with Crippen LogP contribution in [0.5, 0.6) is 0 Å². The van der Waals surface area contributed by atoms with Gasteiger partial charge in [-0.15, -0.1) is 0 Å². The lowest BCUT2D eigenvalue weighted by atomic mass is 9.97. The van der Waals surface area contributed by atoms with Crippen molar-refractivity contribution in [1.82, 2.24) is 5.32 Å². The summed E-state index contributed by atoms with van der Waals surface area (Å²) in [6.07, 6.45) is 6.62. The van der Waals surface area contributed by atoms with Gasteiger partial charge in [-0.25, -0.2) is 0 Å². The lowest BCUT2D eigenvalue weighted by Crippen LogP contribution is -2.49. The molecular formula is C15H20ClIN2.